The molecule has 1 saturated carbocycles. The first-order valence-electron chi connectivity index (χ1n) is 6.89. The van der Waals surface area contributed by atoms with Crippen molar-refractivity contribution in [3.8, 4) is 0 Å². The molecule has 2 nitrogen and oxygen atoms in total. The minimum absolute atomic E-state index is 0.600. The molecular weight excluding hydrogens is 228 g/mol. The van der Waals surface area contributed by atoms with Gasteiger partial charge in [-0.1, -0.05) is 51.2 Å². The van der Waals surface area contributed by atoms with Crippen molar-refractivity contribution >= 4 is 12.2 Å². The molecule has 0 atom stereocenters. The second kappa shape index (κ2) is 6.29. The summed E-state index contributed by atoms with van der Waals surface area (Å²) >= 11 is 5.25. The van der Waals surface area contributed by atoms with E-state index in [1.165, 1.54) is 50.6 Å². The van der Waals surface area contributed by atoms with Crippen LogP contribution in [0.15, 0.2) is 6.07 Å². The Morgan fingerprint density at radius 2 is 1.88 bits per heavy atom. The zero-order chi connectivity index (χ0) is 12.1. The Labute approximate surface area is 109 Å². The Balaban J connectivity index is 2.18. The number of H-pyrrole nitrogens is 1. The first-order valence-corrected chi connectivity index (χ1v) is 7.30. The van der Waals surface area contributed by atoms with E-state index in [1.54, 1.807) is 0 Å². The third-order valence-electron chi connectivity index (χ3n) is 3.69. The van der Waals surface area contributed by atoms with Crippen LogP contribution in [-0.2, 0) is 6.42 Å². The number of hydrogen-bond donors (Lipinski definition) is 1. The van der Waals surface area contributed by atoms with Gasteiger partial charge >= 0.3 is 0 Å². The first kappa shape index (κ1) is 12.7. The fraction of sp³-hybridized carbons (Fsp3) is 0.714. The van der Waals surface area contributed by atoms with Crippen molar-refractivity contribution in [1.29, 1.82) is 0 Å². The molecule has 1 aliphatic rings. The van der Waals surface area contributed by atoms with Crippen molar-refractivity contribution in [2.24, 2.45) is 0 Å². The van der Waals surface area contributed by atoms with Crippen molar-refractivity contribution in [3.05, 3.63) is 22.2 Å². The lowest BCUT2D eigenvalue weighted by Crippen LogP contribution is -2.08. The van der Waals surface area contributed by atoms with Gasteiger partial charge in [0.25, 0.3) is 0 Å². The lowest BCUT2D eigenvalue weighted by molar-refractivity contribution is 0.441. The quantitative estimate of drug-likeness (QED) is 0.781. The fourth-order valence-electron chi connectivity index (χ4n) is 2.64. The summed E-state index contributed by atoms with van der Waals surface area (Å²) in [6, 6.07) is 1.99. The highest BCUT2D eigenvalue weighted by molar-refractivity contribution is 7.71. The summed E-state index contributed by atoms with van der Waals surface area (Å²) < 4.78 is 0.748. The van der Waals surface area contributed by atoms with Gasteiger partial charge in [-0.3, -0.25) is 0 Å². The van der Waals surface area contributed by atoms with Gasteiger partial charge in [-0.2, -0.15) is 0 Å². The van der Waals surface area contributed by atoms with E-state index in [9.17, 15) is 0 Å². The van der Waals surface area contributed by atoms with Crippen LogP contribution in [0.1, 0.15) is 69.3 Å². The Morgan fingerprint density at radius 3 is 2.53 bits per heavy atom. The molecule has 0 saturated heterocycles. The van der Waals surface area contributed by atoms with Crippen LogP contribution < -0.4 is 0 Å². The molecule has 0 bridgehead atoms. The van der Waals surface area contributed by atoms with Gasteiger partial charge < -0.3 is 4.98 Å². The topological polar surface area (TPSA) is 28.7 Å². The van der Waals surface area contributed by atoms with E-state index in [0.717, 1.165) is 16.9 Å². The van der Waals surface area contributed by atoms with Crippen LogP contribution in [0.25, 0.3) is 0 Å². The number of nitrogens with zero attached hydrogens (tertiary/aromatic N) is 1. The Morgan fingerprint density at radius 1 is 1.24 bits per heavy atom. The zero-order valence-electron chi connectivity index (χ0n) is 10.7. The Kier molecular flexibility index (Phi) is 4.72. The highest BCUT2D eigenvalue weighted by atomic mass is 32.1. The second-order valence-corrected chi connectivity index (χ2v) is 5.44. The predicted octanol–water partition coefficient (Wildman–Crippen LogP) is 4.53. The van der Waals surface area contributed by atoms with Crippen LogP contribution >= 0.6 is 12.2 Å². The number of nitrogens with one attached hydrogen (secondary N) is 1. The average molecular weight is 250 g/mol. The van der Waals surface area contributed by atoms with Crippen molar-refractivity contribution < 1.29 is 0 Å². The number of hydrogen-bond acceptors (Lipinski definition) is 2. The Hall–Kier alpha value is -0.700. The minimum atomic E-state index is 0.600. The molecular formula is C14H22N2S. The third kappa shape index (κ3) is 3.63. The number of aromatic nitrogens is 2. The van der Waals surface area contributed by atoms with E-state index in [-0.39, 0.29) is 0 Å². The summed E-state index contributed by atoms with van der Waals surface area (Å²) in [5.74, 6) is 1.74. The van der Waals surface area contributed by atoms with Crippen LogP contribution in [0.3, 0.4) is 0 Å². The van der Waals surface area contributed by atoms with Crippen LogP contribution in [0.5, 0.6) is 0 Å². The molecule has 1 aromatic rings. The van der Waals surface area contributed by atoms with E-state index in [2.05, 4.69) is 16.9 Å². The van der Waals surface area contributed by atoms with Gasteiger partial charge in [0, 0.05) is 11.6 Å². The largest absolute Gasteiger partial charge is 0.347 e. The number of aromatic amines is 1. The molecule has 0 spiro atoms. The van der Waals surface area contributed by atoms with E-state index >= 15 is 0 Å². The van der Waals surface area contributed by atoms with Gasteiger partial charge in [0.2, 0.25) is 0 Å². The van der Waals surface area contributed by atoms with E-state index in [0.29, 0.717) is 5.92 Å². The minimum Gasteiger partial charge on any atom is -0.347 e. The first-order chi connectivity index (χ1) is 8.29. The van der Waals surface area contributed by atoms with Crippen molar-refractivity contribution in [3.63, 3.8) is 0 Å². The molecule has 0 unspecified atom stereocenters. The van der Waals surface area contributed by atoms with Crippen LogP contribution in [0, 0.1) is 4.64 Å². The summed E-state index contributed by atoms with van der Waals surface area (Å²) in [4.78, 5) is 8.01. The molecule has 17 heavy (non-hydrogen) atoms. The molecule has 1 aromatic heterocycles. The lowest BCUT2D eigenvalue weighted by Gasteiger charge is -2.19. The molecule has 0 radical (unpaired) electrons. The van der Waals surface area contributed by atoms with Gasteiger partial charge in [0.05, 0.1) is 0 Å². The maximum Gasteiger partial charge on any atom is 0.129 e. The monoisotopic (exact) mass is 250 g/mol. The van der Waals surface area contributed by atoms with E-state index < -0.39 is 0 Å². The summed E-state index contributed by atoms with van der Waals surface area (Å²) in [7, 11) is 0. The SMILES string of the molecule is CCc1cc(=S)nc(C2CCCCCCC2)[nH]1. The molecule has 0 amide bonds. The molecule has 1 heterocycles. The van der Waals surface area contributed by atoms with Crippen molar-refractivity contribution in [2.75, 3.05) is 0 Å². The average Bonchev–Trinajstić information content (AvgIpc) is 2.27. The Bertz CT molecular complexity index is 403. The van der Waals surface area contributed by atoms with Crippen LogP contribution in [-0.4, -0.2) is 9.97 Å². The van der Waals surface area contributed by atoms with Gasteiger partial charge in [0.1, 0.15) is 10.5 Å². The number of rotatable bonds is 2. The highest BCUT2D eigenvalue weighted by Gasteiger charge is 2.15. The third-order valence-corrected chi connectivity index (χ3v) is 3.90. The molecule has 1 N–H and O–H groups in total. The maximum atomic E-state index is 5.25. The van der Waals surface area contributed by atoms with Gasteiger partial charge in [-0.25, -0.2) is 4.98 Å². The highest BCUT2D eigenvalue weighted by Crippen LogP contribution is 2.28. The molecule has 0 aliphatic heterocycles. The van der Waals surface area contributed by atoms with Crippen LogP contribution in [0.2, 0.25) is 0 Å². The van der Waals surface area contributed by atoms with Crippen LogP contribution in [0.4, 0.5) is 0 Å². The standard InChI is InChI=1S/C14H22N2S/c1-2-12-10-13(17)16-14(15-12)11-8-6-4-3-5-7-9-11/h10-11H,2-9H2,1H3,(H,15,16,17). The van der Waals surface area contributed by atoms with E-state index in [1.807, 2.05) is 6.07 Å². The van der Waals surface area contributed by atoms with Gasteiger partial charge in [-0.05, 0) is 25.3 Å². The normalized spacial score (nSPS) is 18.6. The van der Waals surface area contributed by atoms with Gasteiger partial charge in [0.15, 0.2) is 0 Å². The summed E-state index contributed by atoms with van der Waals surface area (Å²) in [6.45, 7) is 2.16. The van der Waals surface area contributed by atoms with Gasteiger partial charge in [-0.15, -0.1) is 0 Å². The number of aryl methyl sites for hydroxylation is 1. The van der Waals surface area contributed by atoms with Crippen molar-refractivity contribution in [1.82, 2.24) is 9.97 Å². The molecule has 1 aliphatic carbocycles. The maximum absolute atomic E-state index is 5.25. The smallest absolute Gasteiger partial charge is 0.129 e. The summed E-state index contributed by atoms with van der Waals surface area (Å²) in [6.07, 6.45) is 10.4. The molecule has 3 heteroatoms. The van der Waals surface area contributed by atoms with E-state index in [4.69, 9.17) is 12.2 Å². The molecule has 2 rings (SSSR count). The zero-order valence-corrected chi connectivity index (χ0v) is 11.5. The summed E-state index contributed by atoms with van der Waals surface area (Å²) in [5.41, 5.74) is 1.22. The van der Waals surface area contributed by atoms with Crippen molar-refractivity contribution in [2.45, 2.75) is 64.2 Å². The molecule has 1 fully saturated rings. The molecule has 0 aromatic carbocycles. The second-order valence-electron chi connectivity index (χ2n) is 5.03. The lowest BCUT2D eigenvalue weighted by atomic mass is 9.90. The molecule has 94 valence electrons. The summed E-state index contributed by atoms with van der Waals surface area (Å²) in [5, 5.41) is 0. The predicted molar refractivity (Wildman–Crippen MR) is 73.9 cm³/mol. The fourth-order valence-corrected chi connectivity index (χ4v) is 2.88.